The minimum Gasteiger partial charge on any atom is -0.386 e. The molecule has 1 heterocycles. The van der Waals surface area contributed by atoms with Crippen molar-refractivity contribution in [2.24, 2.45) is 0 Å². The van der Waals surface area contributed by atoms with Crippen LogP contribution in [-0.4, -0.2) is 4.98 Å². The smallest absolute Gasteiger partial charge is 0.386 e. The molecule has 0 aliphatic carbocycles. The molecule has 0 aliphatic heterocycles. The van der Waals surface area contributed by atoms with Crippen molar-refractivity contribution in [3.8, 4) is 11.3 Å². The molecular formula is C9H5ClLiNS. The van der Waals surface area contributed by atoms with Gasteiger partial charge in [-0.15, -0.1) is 5.38 Å². The molecule has 2 rings (SSSR count). The second-order valence-corrected chi connectivity index (χ2v) is 3.42. The van der Waals surface area contributed by atoms with Crippen molar-refractivity contribution in [2.75, 3.05) is 0 Å². The Morgan fingerprint density at radius 1 is 1.23 bits per heavy atom. The summed E-state index contributed by atoms with van der Waals surface area (Å²) >= 11 is 7.22. The monoisotopic (exact) mass is 201 g/mol. The molecule has 1 aromatic heterocycles. The topological polar surface area (TPSA) is 12.9 Å². The number of nitrogens with zero attached hydrogens (tertiary/aromatic N) is 1. The summed E-state index contributed by atoms with van der Waals surface area (Å²) in [6.45, 7) is 0. The molecule has 60 valence electrons. The molecule has 13 heavy (non-hydrogen) atoms. The van der Waals surface area contributed by atoms with Crippen LogP contribution in [-0.2, 0) is 0 Å². The van der Waals surface area contributed by atoms with E-state index in [0.29, 0.717) is 0 Å². The van der Waals surface area contributed by atoms with Crippen molar-refractivity contribution in [3.63, 3.8) is 0 Å². The molecule has 2 aromatic rings. The summed E-state index contributed by atoms with van der Waals surface area (Å²) in [4.78, 5) is 4.07. The first kappa shape index (κ1) is 10.8. The van der Waals surface area contributed by atoms with Gasteiger partial charge in [-0.2, -0.15) is 0 Å². The van der Waals surface area contributed by atoms with E-state index < -0.39 is 0 Å². The summed E-state index contributed by atoms with van der Waals surface area (Å²) in [5, 5.41) is 2.71. The van der Waals surface area contributed by atoms with Gasteiger partial charge in [0.25, 0.3) is 0 Å². The molecule has 0 spiro atoms. The molecule has 0 amide bonds. The molecule has 0 radical (unpaired) electrons. The predicted octanol–water partition coefficient (Wildman–Crippen LogP) is 0.268. The predicted molar refractivity (Wildman–Crippen MR) is 51.4 cm³/mol. The maximum absolute atomic E-state index is 5.75. The average Bonchev–Trinajstić information content (AvgIpc) is 2.58. The van der Waals surface area contributed by atoms with Crippen LogP contribution < -0.4 is 18.9 Å². The zero-order valence-electron chi connectivity index (χ0n) is 7.12. The Kier molecular flexibility index (Phi) is 4.02. The summed E-state index contributed by atoms with van der Waals surface area (Å²) < 4.78 is 0. The largest absolute Gasteiger partial charge is 1.00 e. The first-order chi connectivity index (χ1) is 5.86. The molecule has 0 aliphatic rings. The van der Waals surface area contributed by atoms with Crippen LogP contribution >= 0.6 is 22.9 Å². The van der Waals surface area contributed by atoms with E-state index in [1.54, 1.807) is 0 Å². The Labute approximate surface area is 97.9 Å². The molecule has 1 aromatic carbocycles. The molecule has 0 unspecified atom stereocenters. The van der Waals surface area contributed by atoms with Crippen molar-refractivity contribution in [2.45, 2.75) is 0 Å². The van der Waals surface area contributed by atoms with Crippen molar-refractivity contribution in [1.82, 2.24) is 4.98 Å². The van der Waals surface area contributed by atoms with Gasteiger partial charge in [0.15, 0.2) is 0 Å². The number of hydrogen-bond acceptors (Lipinski definition) is 2. The zero-order valence-corrected chi connectivity index (χ0v) is 8.69. The normalized spacial score (nSPS) is 9.31. The first-order valence-corrected chi connectivity index (χ1v) is 4.69. The van der Waals surface area contributed by atoms with Crippen molar-refractivity contribution in [3.05, 3.63) is 40.2 Å². The number of aromatic nitrogens is 1. The summed E-state index contributed by atoms with van der Waals surface area (Å²) in [5.74, 6) is 0. The first-order valence-electron chi connectivity index (χ1n) is 3.44. The van der Waals surface area contributed by atoms with Gasteiger partial charge in [0.05, 0.1) is 0 Å². The summed E-state index contributed by atoms with van der Waals surface area (Å²) in [6.07, 6.45) is 0. The van der Waals surface area contributed by atoms with Crippen molar-refractivity contribution in [1.29, 1.82) is 0 Å². The summed E-state index contributed by atoms with van der Waals surface area (Å²) in [5.41, 5.74) is 4.84. The van der Waals surface area contributed by atoms with Gasteiger partial charge in [-0.1, -0.05) is 35.0 Å². The van der Waals surface area contributed by atoms with E-state index in [-0.39, 0.29) is 18.9 Å². The van der Waals surface area contributed by atoms with Crippen LogP contribution in [0.15, 0.2) is 29.6 Å². The fourth-order valence-corrected chi connectivity index (χ4v) is 1.57. The zero-order chi connectivity index (χ0) is 8.39. The second kappa shape index (κ2) is 4.83. The quantitative estimate of drug-likeness (QED) is 0.477. The molecule has 0 bridgehead atoms. The number of halogens is 1. The number of hydrogen-bond donors (Lipinski definition) is 0. The SMILES string of the molecule is Clc1ccc(-c2cs[c-]n2)cc1.[Li+]. The molecule has 4 heteroatoms. The third kappa shape index (κ3) is 2.59. The average molecular weight is 202 g/mol. The van der Waals surface area contributed by atoms with Crippen LogP contribution in [0, 0.1) is 5.51 Å². The van der Waals surface area contributed by atoms with E-state index >= 15 is 0 Å². The number of thiazole rings is 1. The van der Waals surface area contributed by atoms with E-state index in [1.165, 1.54) is 11.3 Å². The van der Waals surface area contributed by atoms with Gasteiger partial charge in [0, 0.05) is 5.02 Å². The molecule has 0 saturated heterocycles. The summed E-state index contributed by atoms with van der Waals surface area (Å²) in [7, 11) is 0. The van der Waals surface area contributed by atoms with Crippen molar-refractivity contribution >= 4 is 22.9 Å². The Balaban J connectivity index is 0.000000845. The maximum Gasteiger partial charge on any atom is 1.00 e. The molecule has 1 nitrogen and oxygen atoms in total. The van der Waals surface area contributed by atoms with E-state index in [0.717, 1.165) is 16.3 Å². The van der Waals surface area contributed by atoms with Gasteiger partial charge in [-0.3, -0.25) is 11.3 Å². The van der Waals surface area contributed by atoms with Crippen LogP contribution in [0.3, 0.4) is 0 Å². The van der Waals surface area contributed by atoms with Gasteiger partial charge < -0.3 is 4.98 Å². The van der Waals surface area contributed by atoms with Gasteiger partial charge in [0.1, 0.15) is 0 Å². The third-order valence-corrected chi connectivity index (χ3v) is 2.32. The van der Waals surface area contributed by atoms with E-state index in [9.17, 15) is 0 Å². The Morgan fingerprint density at radius 2 is 1.92 bits per heavy atom. The number of rotatable bonds is 1. The second-order valence-electron chi connectivity index (χ2n) is 2.33. The van der Waals surface area contributed by atoms with Crippen LogP contribution in [0.25, 0.3) is 11.3 Å². The minimum absolute atomic E-state index is 0. The summed E-state index contributed by atoms with van der Waals surface area (Å²) in [6, 6.07) is 7.61. The molecule has 0 N–H and O–H groups in total. The third-order valence-electron chi connectivity index (χ3n) is 1.53. The Bertz CT molecular complexity index is 358. The molecule has 0 atom stereocenters. The van der Waals surface area contributed by atoms with Crippen LogP contribution in [0.4, 0.5) is 0 Å². The standard InChI is InChI=1S/C9H5ClNS.Li/c10-8-3-1-7(2-4-8)9-5-12-6-11-9;/h1-5H;/q-1;+1. The van der Waals surface area contributed by atoms with Crippen LogP contribution in [0.1, 0.15) is 0 Å². The fourth-order valence-electron chi connectivity index (χ4n) is 0.937. The van der Waals surface area contributed by atoms with E-state index in [4.69, 9.17) is 11.6 Å². The molecule has 0 saturated carbocycles. The van der Waals surface area contributed by atoms with Gasteiger partial charge >= 0.3 is 18.9 Å². The van der Waals surface area contributed by atoms with E-state index in [1.807, 2.05) is 29.6 Å². The van der Waals surface area contributed by atoms with Gasteiger partial charge in [0.2, 0.25) is 0 Å². The minimum atomic E-state index is 0. The Morgan fingerprint density at radius 3 is 2.46 bits per heavy atom. The molecular weight excluding hydrogens is 197 g/mol. The molecule has 0 fully saturated rings. The van der Waals surface area contributed by atoms with Crippen LogP contribution in [0.2, 0.25) is 5.02 Å². The van der Waals surface area contributed by atoms with Gasteiger partial charge in [-0.25, -0.2) is 0 Å². The van der Waals surface area contributed by atoms with E-state index in [2.05, 4.69) is 10.5 Å². The van der Waals surface area contributed by atoms with Crippen LogP contribution in [0.5, 0.6) is 0 Å². The van der Waals surface area contributed by atoms with Crippen molar-refractivity contribution < 1.29 is 18.9 Å². The van der Waals surface area contributed by atoms with Gasteiger partial charge in [-0.05, 0) is 17.6 Å². The Hall–Kier alpha value is -0.263. The number of benzene rings is 1. The fraction of sp³-hybridized carbons (Fsp3) is 0. The maximum atomic E-state index is 5.75.